The lowest BCUT2D eigenvalue weighted by molar-refractivity contribution is -0.132. The minimum absolute atomic E-state index is 0.285. The summed E-state index contributed by atoms with van der Waals surface area (Å²) in [5, 5.41) is 11.3. The Bertz CT molecular complexity index is 184. The monoisotopic (exact) mass is 157 g/mol. The van der Waals surface area contributed by atoms with Crippen molar-refractivity contribution in [2.75, 3.05) is 13.2 Å². The number of aliphatic carboxylic acids is 1. The van der Waals surface area contributed by atoms with E-state index >= 15 is 0 Å². The third-order valence-corrected chi connectivity index (χ3v) is 1.40. The number of nitrogens with one attached hydrogen (secondary N) is 1. The largest absolute Gasteiger partial charge is 0.478 e. The lowest BCUT2D eigenvalue weighted by Crippen LogP contribution is -2.14. The molecule has 0 aromatic heterocycles. The van der Waals surface area contributed by atoms with Crippen LogP contribution < -0.4 is 5.32 Å². The quantitative estimate of drug-likeness (QED) is 0.444. The molecular formula is C7H11NO3. The van der Waals surface area contributed by atoms with Crippen molar-refractivity contribution in [1.29, 1.82) is 0 Å². The summed E-state index contributed by atoms with van der Waals surface area (Å²) < 4.78 is 4.91. The van der Waals surface area contributed by atoms with E-state index in [1.807, 2.05) is 0 Å². The normalized spacial score (nSPS) is 23.0. The maximum atomic E-state index is 10.3. The van der Waals surface area contributed by atoms with Crippen LogP contribution in [0.5, 0.6) is 0 Å². The molecule has 4 heteroatoms. The van der Waals surface area contributed by atoms with E-state index < -0.39 is 5.97 Å². The second kappa shape index (κ2) is 3.39. The number of rotatable bonds is 4. The van der Waals surface area contributed by atoms with Crippen LogP contribution in [0, 0.1) is 0 Å². The van der Waals surface area contributed by atoms with Gasteiger partial charge < -0.3 is 15.2 Å². The minimum Gasteiger partial charge on any atom is -0.478 e. The van der Waals surface area contributed by atoms with Gasteiger partial charge in [0.1, 0.15) is 0 Å². The molecule has 4 nitrogen and oxygen atoms in total. The SMILES string of the molecule is CC(=CNCC1CO1)C(=O)O. The lowest BCUT2D eigenvalue weighted by Gasteiger charge is -1.96. The molecule has 0 spiro atoms. The van der Waals surface area contributed by atoms with Gasteiger partial charge in [-0.2, -0.15) is 0 Å². The van der Waals surface area contributed by atoms with Crippen LogP contribution >= 0.6 is 0 Å². The van der Waals surface area contributed by atoms with E-state index in [2.05, 4.69) is 5.32 Å². The van der Waals surface area contributed by atoms with Gasteiger partial charge in [-0.15, -0.1) is 0 Å². The molecule has 0 radical (unpaired) electrons. The van der Waals surface area contributed by atoms with Crippen LogP contribution in [-0.2, 0) is 9.53 Å². The zero-order valence-electron chi connectivity index (χ0n) is 6.33. The highest BCUT2D eigenvalue weighted by molar-refractivity contribution is 5.85. The van der Waals surface area contributed by atoms with Gasteiger partial charge in [-0.05, 0) is 6.92 Å². The summed E-state index contributed by atoms with van der Waals surface area (Å²) in [6.45, 7) is 3.03. The molecule has 1 atom stereocenters. The maximum absolute atomic E-state index is 10.3. The van der Waals surface area contributed by atoms with E-state index in [9.17, 15) is 4.79 Å². The summed E-state index contributed by atoms with van der Waals surface area (Å²) in [7, 11) is 0. The van der Waals surface area contributed by atoms with Gasteiger partial charge in [0, 0.05) is 18.3 Å². The van der Waals surface area contributed by atoms with Crippen molar-refractivity contribution in [3.8, 4) is 0 Å². The molecule has 0 aliphatic carbocycles. The molecule has 1 saturated heterocycles. The van der Waals surface area contributed by atoms with Crippen molar-refractivity contribution in [1.82, 2.24) is 5.32 Å². The predicted octanol–water partition coefficient (Wildman–Crippen LogP) is -0.0368. The zero-order chi connectivity index (χ0) is 8.27. The van der Waals surface area contributed by atoms with Gasteiger partial charge >= 0.3 is 5.97 Å². The second-order valence-corrected chi connectivity index (χ2v) is 2.50. The van der Waals surface area contributed by atoms with Crippen molar-refractivity contribution in [3.05, 3.63) is 11.8 Å². The van der Waals surface area contributed by atoms with Gasteiger partial charge in [-0.25, -0.2) is 4.79 Å². The molecule has 1 fully saturated rings. The van der Waals surface area contributed by atoms with Gasteiger partial charge in [0.15, 0.2) is 0 Å². The first kappa shape index (κ1) is 8.07. The molecule has 0 saturated carbocycles. The summed E-state index contributed by atoms with van der Waals surface area (Å²) in [5.74, 6) is -0.894. The first-order valence-corrected chi connectivity index (χ1v) is 3.45. The molecule has 1 unspecified atom stereocenters. The number of carboxylic acid groups (broad SMARTS) is 1. The highest BCUT2D eigenvalue weighted by atomic mass is 16.6. The second-order valence-electron chi connectivity index (χ2n) is 2.50. The Hall–Kier alpha value is -1.03. The van der Waals surface area contributed by atoms with Crippen molar-refractivity contribution < 1.29 is 14.6 Å². The van der Waals surface area contributed by atoms with Gasteiger partial charge in [-0.1, -0.05) is 0 Å². The molecule has 1 aliphatic rings. The number of hydrogen-bond acceptors (Lipinski definition) is 3. The number of carbonyl (C=O) groups is 1. The van der Waals surface area contributed by atoms with Crippen LogP contribution in [0.25, 0.3) is 0 Å². The summed E-state index contributed by atoms with van der Waals surface area (Å²) in [6, 6.07) is 0. The van der Waals surface area contributed by atoms with Crippen molar-refractivity contribution in [2.45, 2.75) is 13.0 Å². The summed E-state index contributed by atoms with van der Waals surface area (Å²) in [6.07, 6.45) is 1.78. The Kier molecular flexibility index (Phi) is 2.48. The Morgan fingerprint density at radius 1 is 1.91 bits per heavy atom. The Morgan fingerprint density at radius 2 is 2.55 bits per heavy atom. The van der Waals surface area contributed by atoms with Crippen molar-refractivity contribution in [2.24, 2.45) is 0 Å². The molecule has 62 valence electrons. The summed E-state index contributed by atoms with van der Waals surface area (Å²) in [4.78, 5) is 10.3. The van der Waals surface area contributed by atoms with E-state index in [-0.39, 0.29) is 6.10 Å². The fourth-order valence-corrected chi connectivity index (χ4v) is 0.591. The van der Waals surface area contributed by atoms with E-state index in [1.54, 1.807) is 6.92 Å². The van der Waals surface area contributed by atoms with Crippen molar-refractivity contribution >= 4 is 5.97 Å². The average molecular weight is 157 g/mol. The molecular weight excluding hydrogens is 146 g/mol. The average Bonchev–Trinajstić information content (AvgIpc) is 2.71. The van der Waals surface area contributed by atoms with Crippen LogP contribution in [-0.4, -0.2) is 30.3 Å². The highest BCUT2D eigenvalue weighted by Crippen LogP contribution is 2.06. The van der Waals surface area contributed by atoms with Gasteiger partial charge in [0.05, 0.1) is 12.7 Å². The van der Waals surface area contributed by atoms with Crippen molar-refractivity contribution in [3.63, 3.8) is 0 Å². The molecule has 1 rings (SSSR count). The topological polar surface area (TPSA) is 61.9 Å². The third kappa shape index (κ3) is 3.04. The predicted molar refractivity (Wildman–Crippen MR) is 39.1 cm³/mol. The van der Waals surface area contributed by atoms with Gasteiger partial charge in [-0.3, -0.25) is 0 Å². The zero-order valence-corrected chi connectivity index (χ0v) is 6.33. The minimum atomic E-state index is -0.894. The first-order chi connectivity index (χ1) is 5.20. The number of epoxide rings is 1. The molecule has 0 aromatic rings. The van der Waals surface area contributed by atoms with Gasteiger partial charge in [0.25, 0.3) is 0 Å². The molecule has 0 aromatic carbocycles. The summed E-state index contributed by atoms with van der Waals surface area (Å²) in [5.41, 5.74) is 0.311. The number of carboxylic acids is 1. The van der Waals surface area contributed by atoms with E-state index in [1.165, 1.54) is 6.20 Å². The number of hydrogen-bond donors (Lipinski definition) is 2. The smallest absolute Gasteiger partial charge is 0.332 e. The van der Waals surface area contributed by atoms with E-state index in [0.29, 0.717) is 12.1 Å². The molecule has 2 N–H and O–H groups in total. The van der Waals surface area contributed by atoms with Crippen LogP contribution in [0.4, 0.5) is 0 Å². The maximum Gasteiger partial charge on any atom is 0.332 e. The molecule has 1 heterocycles. The molecule has 0 bridgehead atoms. The molecule has 11 heavy (non-hydrogen) atoms. The number of ether oxygens (including phenoxy) is 1. The Balaban J connectivity index is 2.15. The fraction of sp³-hybridized carbons (Fsp3) is 0.571. The molecule has 1 aliphatic heterocycles. The van der Waals surface area contributed by atoms with E-state index in [4.69, 9.17) is 9.84 Å². The highest BCUT2D eigenvalue weighted by Gasteiger charge is 2.20. The Morgan fingerprint density at radius 3 is 3.00 bits per heavy atom. The van der Waals surface area contributed by atoms with Crippen LogP contribution in [0.1, 0.15) is 6.92 Å². The fourth-order valence-electron chi connectivity index (χ4n) is 0.591. The molecule has 0 amide bonds. The first-order valence-electron chi connectivity index (χ1n) is 3.45. The van der Waals surface area contributed by atoms with Crippen LogP contribution in [0.2, 0.25) is 0 Å². The van der Waals surface area contributed by atoms with E-state index in [0.717, 1.165) is 6.61 Å². The Labute approximate surface area is 64.9 Å². The standard InChI is InChI=1S/C7H11NO3/c1-5(7(9)10)2-8-3-6-4-11-6/h2,6,8H,3-4H2,1H3,(H,9,10). The van der Waals surface area contributed by atoms with Crippen LogP contribution in [0.15, 0.2) is 11.8 Å². The summed E-state index contributed by atoms with van der Waals surface area (Å²) >= 11 is 0. The third-order valence-electron chi connectivity index (χ3n) is 1.40. The van der Waals surface area contributed by atoms with Gasteiger partial charge in [0.2, 0.25) is 0 Å². The van der Waals surface area contributed by atoms with Crippen LogP contribution in [0.3, 0.4) is 0 Å². The lowest BCUT2D eigenvalue weighted by atomic mass is 10.3.